The summed E-state index contributed by atoms with van der Waals surface area (Å²) in [5, 5.41) is 7.12. The maximum Gasteiger partial charge on any atom is 0.240 e. The van der Waals surface area contributed by atoms with E-state index in [1.54, 1.807) is 29.4 Å². The van der Waals surface area contributed by atoms with Gasteiger partial charge in [0.05, 0.1) is 6.04 Å². The molecule has 0 aliphatic carbocycles. The zero-order valence-electron chi connectivity index (χ0n) is 15.1. The summed E-state index contributed by atoms with van der Waals surface area (Å²) in [5.41, 5.74) is 0.779. The number of carbonyl (C=O) groups is 1. The number of rotatable bonds is 5. The Labute approximate surface area is 160 Å². The van der Waals surface area contributed by atoms with E-state index in [2.05, 4.69) is 25.4 Å². The van der Waals surface area contributed by atoms with Gasteiger partial charge in [-0.15, -0.1) is 0 Å². The minimum absolute atomic E-state index is 0.0357. The van der Waals surface area contributed by atoms with Crippen LogP contribution < -0.4 is 5.32 Å². The number of hydrogen-bond donors (Lipinski definition) is 1. The first-order chi connectivity index (χ1) is 13.7. The molecule has 9 heteroatoms. The minimum atomic E-state index is -0.308. The third-order valence-electron chi connectivity index (χ3n) is 4.58. The highest BCUT2D eigenvalue weighted by Gasteiger charge is 2.28. The molecule has 1 aliphatic heterocycles. The van der Waals surface area contributed by atoms with Gasteiger partial charge >= 0.3 is 0 Å². The molecule has 28 heavy (non-hydrogen) atoms. The number of piperazine rings is 1. The van der Waals surface area contributed by atoms with Crippen LogP contribution in [0.25, 0.3) is 11.6 Å². The van der Waals surface area contributed by atoms with Crippen LogP contribution in [0.4, 0.5) is 4.39 Å². The van der Waals surface area contributed by atoms with E-state index in [9.17, 15) is 9.18 Å². The molecule has 1 N–H and O–H groups in total. The molecule has 2 aromatic heterocycles. The fourth-order valence-corrected chi connectivity index (χ4v) is 3.23. The van der Waals surface area contributed by atoms with Crippen LogP contribution >= 0.6 is 0 Å². The lowest BCUT2D eigenvalue weighted by atomic mass is 10.0. The molecule has 1 atom stereocenters. The van der Waals surface area contributed by atoms with E-state index in [4.69, 9.17) is 4.52 Å². The highest BCUT2D eigenvalue weighted by Crippen LogP contribution is 2.24. The number of aromatic nitrogens is 4. The van der Waals surface area contributed by atoms with E-state index >= 15 is 0 Å². The predicted octanol–water partition coefficient (Wildman–Crippen LogP) is 1.77. The number of nitrogens with one attached hydrogen (secondary N) is 1. The fourth-order valence-electron chi connectivity index (χ4n) is 3.23. The molecule has 144 valence electrons. The van der Waals surface area contributed by atoms with Crippen molar-refractivity contribution in [2.75, 3.05) is 19.6 Å². The number of hydrogen-bond acceptors (Lipinski definition) is 7. The Bertz CT molecular complexity index is 948. The van der Waals surface area contributed by atoms with Gasteiger partial charge in [0.25, 0.3) is 0 Å². The van der Waals surface area contributed by atoms with Gasteiger partial charge < -0.3 is 14.7 Å². The lowest BCUT2D eigenvalue weighted by Crippen LogP contribution is -2.48. The third kappa shape index (κ3) is 4.04. The van der Waals surface area contributed by atoms with Crippen molar-refractivity contribution in [3.8, 4) is 11.6 Å². The summed E-state index contributed by atoms with van der Waals surface area (Å²) in [6.07, 6.45) is 3.74. The smallest absolute Gasteiger partial charge is 0.240 e. The molecule has 0 spiro atoms. The lowest BCUT2D eigenvalue weighted by molar-refractivity contribution is -0.134. The first-order valence-electron chi connectivity index (χ1n) is 9.06. The molecule has 1 aliphatic rings. The van der Waals surface area contributed by atoms with Crippen molar-refractivity contribution in [3.63, 3.8) is 0 Å². The fraction of sp³-hybridized carbons (Fsp3) is 0.316. The number of halogens is 1. The quantitative estimate of drug-likeness (QED) is 0.718. The van der Waals surface area contributed by atoms with Crippen LogP contribution in [0.2, 0.25) is 0 Å². The van der Waals surface area contributed by atoms with E-state index in [1.165, 1.54) is 12.1 Å². The zero-order chi connectivity index (χ0) is 19.3. The Morgan fingerprint density at radius 1 is 1.25 bits per heavy atom. The molecule has 1 saturated heterocycles. The van der Waals surface area contributed by atoms with Crippen LogP contribution in [0.1, 0.15) is 23.9 Å². The summed E-state index contributed by atoms with van der Waals surface area (Å²) >= 11 is 0. The number of benzene rings is 1. The minimum Gasteiger partial charge on any atom is -0.339 e. The van der Waals surface area contributed by atoms with Gasteiger partial charge in [-0.3, -0.25) is 4.79 Å². The molecule has 0 saturated carbocycles. The average molecular weight is 382 g/mol. The molecule has 0 radical (unpaired) electrons. The van der Waals surface area contributed by atoms with Crippen LogP contribution in [0.15, 0.2) is 47.2 Å². The van der Waals surface area contributed by atoms with E-state index < -0.39 is 0 Å². The van der Waals surface area contributed by atoms with Gasteiger partial charge in [-0.25, -0.2) is 14.4 Å². The molecule has 3 aromatic rings. The number of nitrogens with zero attached hydrogens (tertiary/aromatic N) is 5. The van der Waals surface area contributed by atoms with Gasteiger partial charge in [0.2, 0.25) is 23.4 Å². The maximum atomic E-state index is 13.6. The highest BCUT2D eigenvalue weighted by molar-refractivity contribution is 5.77. The molecule has 1 amide bonds. The molecular weight excluding hydrogens is 363 g/mol. The summed E-state index contributed by atoms with van der Waals surface area (Å²) in [4.78, 5) is 27.0. The maximum absolute atomic E-state index is 13.6. The van der Waals surface area contributed by atoms with Gasteiger partial charge in [-0.2, -0.15) is 4.98 Å². The van der Waals surface area contributed by atoms with Crippen LogP contribution in [0.5, 0.6) is 0 Å². The van der Waals surface area contributed by atoms with Crippen LogP contribution in [0.3, 0.4) is 0 Å². The van der Waals surface area contributed by atoms with Gasteiger partial charge in [-0.1, -0.05) is 17.3 Å². The number of carbonyl (C=O) groups excluding carboxylic acids is 1. The first-order valence-corrected chi connectivity index (χ1v) is 9.06. The summed E-state index contributed by atoms with van der Waals surface area (Å²) in [7, 11) is 0. The second-order valence-corrected chi connectivity index (χ2v) is 6.45. The normalized spacial score (nSPS) is 16.9. The second-order valence-electron chi connectivity index (χ2n) is 6.45. The third-order valence-corrected chi connectivity index (χ3v) is 4.58. The summed E-state index contributed by atoms with van der Waals surface area (Å²) in [5.74, 6) is 0.677. The Hall–Kier alpha value is -3.20. The van der Waals surface area contributed by atoms with Gasteiger partial charge in [0.1, 0.15) is 5.82 Å². The van der Waals surface area contributed by atoms with Gasteiger partial charge in [0, 0.05) is 44.9 Å². The molecule has 8 nitrogen and oxygen atoms in total. The molecule has 3 heterocycles. The number of aryl methyl sites for hydroxylation is 1. The zero-order valence-corrected chi connectivity index (χ0v) is 15.1. The Balaban J connectivity index is 1.42. The monoisotopic (exact) mass is 382 g/mol. The molecule has 1 aromatic carbocycles. The second kappa shape index (κ2) is 8.22. The van der Waals surface area contributed by atoms with Crippen molar-refractivity contribution in [3.05, 3.63) is 60.0 Å². The van der Waals surface area contributed by atoms with Crippen molar-refractivity contribution >= 4 is 5.91 Å². The SMILES string of the molecule is O=C(CCc1nc(-c2ncccn2)no1)N1CCNCC1c1cccc(F)c1. The predicted molar refractivity (Wildman–Crippen MR) is 97.4 cm³/mol. The average Bonchev–Trinajstić information content (AvgIpc) is 3.22. The molecular formula is C19H19FN6O2. The Kier molecular flexibility index (Phi) is 5.34. The van der Waals surface area contributed by atoms with Gasteiger partial charge in [-0.05, 0) is 23.8 Å². The van der Waals surface area contributed by atoms with Crippen molar-refractivity contribution in [1.29, 1.82) is 0 Å². The summed E-state index contributed by atoms with van der Waals surface area (Å²) < 4.78 is 18.8. The van der Waals surface area contributed by atoms with Crippen LogP contribution in [-0.4, -0.2) is 50.5 Å². The summed E-state index contributed by atoms with van der Waals surface area (Å²) in [6, 6.07) is 7.87. The highest BCUT2D eigenvalue weighted by atomic mass is 19.1. The molecule has 1 fully saturated rings. The number of amides is 1. The van der Waals surface area contributed by atoms with Crippen molar-refractivity contribution in [1.82, 2.24) is 30.3 Å². The van der Waals surface area contributed by atoms with Crippen molar-refractivity contribution in [2.45, 2.75) is 18.9 Å². The van der Waals surface area contributed by atoms with Crippen molar-refractivity contribution in [2.24, 2.45) is 0 Å². The molecule has 0 bridgehead atoms. The lowest BCUT2D eigenvalue weighted by Gasteiger charge is -2.36. The van der Waals surface area contributed by atoms with Crippen LogP contribution in [-0.2, 0) is 11.2 Å². The Morgan fingerprint density at radius 2 is 2.11 bits per heavy atom. The van der Waals surface area contributed by atoms with Crippen LogP contribution in [0, 0.1) is 5.82 Å². The van der Waals surface area contributed by atoms with E-state index in [0.29, 0.717) is 43.6 Å². The van der Waals surface area contributed by atoms with Crippen molar-refractivity contribution < 1.29 is 13.7 Å². The van der Waals surface area contributed by atoms with E-state index in [-0.39, 0.29) is 24.2 Å². The standard InChI is InChI=1S/C19H19FN6O2/c20-14-4-1-3-13(11-14)15-12-21-9-10-26(15)17(27)6-5-16-24-19(25-28-16)18-22-7-2-8-23-18/h1-4,7-8,11,15,21H,5-6,9-10,12H2. The molecule has 1 unspecified atom stereocenters. The van der Waals surface area contributed by atoms with Gasteiger partial charge in [0.15, 0.2) is 0 Å². The van der Waals surface area contributed by atoms with E-state index in [1.807, 2.05) is 6.07 Å². The molecule has 4 rings (SSSR count). The Morgan fingerprint density at radius 3 is 2.93 bits per heavy atom. The largest absolute Gasteiger partial charge is 0.339 e. The topological polar surface area (TPSA) is 97.0 Å². The van der Waals surface area contributed by atoms with E-state index in [0.717, 1.165) is 5.56 Å². The first kappa shape index (κ1) is 18.2. The summed E-state index contributed by atoms with van der Waals surface area (Å²) in [6.45, 7) is 1.85.